The third-order valence-corrected chi connectivity index (χ3v) is 2.35. The maximum Gasteiger partial charge on any atom is 0.337 e. The summed E-state index contributed by atoms with van der Waals surface area (Å²) >= 11 is 0. The monoisotopic (exact) mass is 218 g/mol. The summed E-state index contributed by atoms with van der Waals surface area (Å²) in [5.74, 6) is -0.408. The van der Waals surface area contributed by atoms with Crippen molar-refractivity contribution in [2.24, 2.45) is 0 Å². The first-order chi connectivity index (χ1) is 7.61. The molecule has 2 aromatic heterocycles. The molecule has 2 rings (SSSR count). The van der Waals surface area contributed by atoms with Gasteiger partial charge in [-0.05, 0) is 19.9 Å². The highest BCUT2D eigenvalue weighted by atomic mass is 16.5. The van der Waals surface area contributed by atoms with E-state index in [1.54, 1.807) is 26.1 Å². The highest BCUT2D eigenvalue weighted by Gasteiger charge is 2.18. The Labute approximate surface area is 91.7 Å². The minimum absolute atomic E-state index is 0.150. The van der Waals surface area contributed by atoms with E-state index < -0.39 is 5.97 Å². The van der Waals surface area contributed by atoms with Crippen molar-refractivity contribution in [1.82, 2.24) is 10.1 Å². The van der Waals surface area contributed by atoms with E-state index in [1.807, 2.05) is 0 Å². The minimum atomic E-state index is -1.01. The third kappa shape index (κ3) is 1.56. The average molecular weight is 218 g/mol. The van der Waals surface area contributed by atoms with Crippen LogP contribution in [0.3, 0.4) is 0 Å². The van der Waals surface area contributed by atoms with Crippen molar-refractivity contribution < 1.29 is 14.4 Å². The summed E-state index contributed by atoms with van der Waals surface area (Å²) in [7, 11) is 0. The summed E-state index contributed by atoms with van der Waals surface area (Å²) < 4.78 is 5.02. The van der Waals surface area contributed by atoms with Crippen molar-refractivity contribution in [2.75, 3.05) is 0 Å². The van der Waals surface area contributed by atoms with Gasteiger partial charge in [0.2, 0.25) is 0 Å². The topological polar surface area (TPSA) is 76.2 Å². The van der Waals surface area contributed by atoms with Crippen molar-refractivity contribution in [3.63, 3.8) is 0 Å². The largest absolute Gasteiger partial charge is 0.478 e. The predicted octanol–water partition coefficient (Wildman–Crippen LogP) is 2.05. The first-order valence-corrected chi connectivity index (χ1v) is 4.72. The second kappa shape index (κ2) is 3.77. The molecule has 0 bridgehead atoms. The molecular weight excluding hydrogens is 208 g/mol. The molecule has 16 heavy (non-hydrogen) atoms. The van der Waals surface area contributed by atoms with Gasteiger partial charge in [-0.1, -0.05) is 5.16 Å². The van der Waals surface area contributed by atoms with Crippen LogP contribution < -0.4 is 0 Å². The number of aromatic carboxylic acids is 1. The highest BCUT2D eigenvalue weighted by molar-refractivity contribution is 5.96. The number of aryl methyl sites for hydroxylation is 2. The lowest BCUT2D eigenvalue weighted by Crippen LogP contribution is -2.00. The van der Waals surface area contributed by atoms with Gasteiger partial charge in [0.05, 0.1) is 11.3 Å². The molecule has 0 aromatic carbocycles. The molecule has 2 aromatic rings. The van der Waals surface area contributed by atoms with E-state index in [9.17, 15) is 4.79 Å². The quantitative estimate of drug-likeness (QED) is 0.834. The van der Waals surface area contributed by atoms with Gasteiger partial charge in [0.25, 0.3) is 0 Å². The Morgan fingerprint density at radius 1 is 1.44 bits per heavy atom. The van der Waals surface area contributed by atoms with Gasteiger partial charge in [-0.2, -0.15) is 0 Å². The summed E-state index contributed by atoms with van der Waals surface area (Å²) in [5, 5.41) is 12.9. The Hall–Kier alpha value is -2.17. The van der Waals surface area contributed by atoms with E-state index in [2.05, 4.69) is 10.1 Å². The first-order valence-electron chi connectivity index (χ1n) is 4.72. The van der Waals surface area contributed by atoms with Gasteiger partial charge >= 0.3 is 5.97 Å². The Morgan fingerprint density at radius 3 is 2.75 bits per heavy atom. The van der Waals surface area contributed by atoms with Crippen LogP contribution in [0.4, 0.5) is 0 Å². The number of hydrogen-bond donors (Lipinski definition) is 1. The van der Waals surface area contributed by atoms with Crippen molar-refractivity contribution in [1.29, 1.82) is 0 Å². The standard InChI is InChI=1S/C11H10N2O3/c1-6-10(7(2)16-13-6)8-3-4-12-5-9(8)11(14)15/h3-5H,1-2H3,(H,14,15). The van der Waals surface area contributed by atoms with E-state index >= 15 is 0 Å². The molecule has 0 unspecified atom stereocenters. The lowest BCUT2D eigenvalue weighted by Gasteiger charge is -2.03. The number of aromatic nitrogens is 2. The Kier molecular flexibility index (Phi) is 2.44. The van der Waals surface area contributed by atoms with Crippen molar-refractivity contribution in [3.05, 3.63) is 35.5 Å². The van der Waals surface area contributed by atoms with Crippen molar-refractivity contribution >= 4 is 5.97 Å². The molecule has 0 spiro atoms. The number of carbonyl (C=O) groups is 1. The molecule has 0 saturated carbocycles. The SMILES string of the molecule is Cc1noc(C)c1-c1ccncc1C(=O)O. The lowest BCUT2D eigenvalue weighted by atomic mass is 10.0. The fourth-order valence-electron chi connectivity index (χ4n) is 1.65. The number of nitrogens with zero attached hydrogens (tertiary/aromatic N) is 2. The second-order valence-electron chi connectivity index (χ2n) is 3.43. The molecule has 0 radical (unpaired) electrons. The Balaban J connectivity index is 2.69. The molecular formula is C11H10N2O3. The Bertz CT molecular complexity index is 526. The summed E-state index contributed by atoms with van der Waals surface area (Å²) in [6.07, 6.45) is 2.87. The van der Waals surface area contributed by atoms with Gasteiger partial charge in [0.1, 0.15) is 5.76 Å². The zero-order valence-electron chi connectivity index (χ0n) is 8.89. The van der Waals surface area contributed by atoms with E-state index in [4.69, 9.17) is 9.63 Å². The summed E-state index contributed by atoms with van der Waals surface area (Å²) in [6.45, 7) is 3.53. The van der Waals surface area contributed by atoms with E-state index in [1.165, 1.54) is 6.20 Å². The van der Waals surface area contributed by atoms with Crippen LogP contribution in [0.15, 0.2) is 23.0 Å². The summed E-state index contributed by atoms with van der Waals surface area (Å²) in [6, 6.07) is 1.65. The van der Waals surface area contributed by atoms with Gasteiger partial charge in [-0.25, -0.2) is 4.79 Å². The molecule has 0 aliphatic carbocycles. The maximum absolute atomic E-state index is 11.0. The van der Waals surface area contributed by atoms with Crippen molar-refractivity contribution in [3.8, 4) is 11.1 Å². The zero-order valence-corrected chi connectivity index (χ0v) is 8.89. The van der Waals surface area contributed by atoms with Crippen LogP contribution in [0.2, 0.25) is 0 Å². The first kappa shape index (κ1) is 10.4. The molecule has 1 N–H and O–H groups in total. The molecule has 0 aliphatic rings. The van der Waals surface area contributed by atoms with Crippen LogP contribution in [-0.2, 0) is 0 Å². The van der Waals surface area contributed by atoms with Crippen LogP contribution in [0.1, 0.15) is 21.8 Å². The smallest absolute Gasteiger partial charge is 0.337 e. The highest BCUT2D eigenvalue weighted by Crippen LogP contribution is 2.29. The maximum atomic E-state index is 11.0. The minimum Gasteiger partial charge on any atom is -0.478 e. The van der Waals surface area contributed by atoms with Gasteiger partial charge in [-0.15, -0.1) is 0 Å². The molecule has 0 atom stereocenters. The van der Waals surface area contributed by atoms with Crippen LogP contribution >= 0.6 is 0 Å². The van der Waals surface area contributed by atoms with E-state index in [0.717, 1.165) is 5.56 Å². The third-order valence-electron chi connectivity index (χ3n) is 2.35. The molecule has 5 nitrogen and oxygen atoms in total. The molecule has 0 saturated heterocycles. The molecule has 0 amide bonds. The summed E-state index contributed by atoms with van der Waals surface area (Å²) in [4.78, 5) is 14.9. The number of carboxylic acid groups (broad SMARTS) is 1. The van der Waals surface area contributed by atoms with E-state index in [0.29, 0.717) is 17.0 Å². The second-order valence-corrected chi connectivity index (χ2v) is 3.43. The van der Waals surface area contributed by atoms with Gasteiger partial charge in [-0.3, -0.25) is 4.98 Å². The average Bonchev–Trinajstić information content (AvgIpc) is 2.58. The molecule has 5 heteroatoms. The molecule has 82 valence electrons. The van der Waals surface area contributed by atoms with Crippen LogP contribution in [0.25, 0.3) is 11.1 Å². The van der Waals surface area contributed by atoms with Gasteiger partial charge < -0.3 is 9.63 Å². The predicted molar refractivity (Wildman–Crippen MR) is 56.2 cm³/mol. The van der Waals surface area contributed by atoms with Gasteiger partial charge in [0.15, 0.2) is 0 Å². The van der Waals surface area contributed by atoms with Crippen LogP contribution in [0.5, 0.6) is 0 Å². The van der Waals surface area contributed by atoms with Crippen molar-refractivity contribution in [2.45, 2.75) is 13.8 Å². The zero-order chi connectivity index (χ0) is 11.7. The lowest BCUT2D eigenvalue weighted by molar-refractivity contribution is 0.0697. The number of carboxylic acids is 1. The molecule has 0 aliphatic heterocycles. The summed E-state index contributed by atoms with van der Waals surface area (Å²) in [5.41, 5.74) is 2.13. The fraction of sp³-hybridized carbons (Fsp3) is 0.182. The number of pyridine rings is 1. The molecule has 2 heterocycles. The van der Waals surface area contributed by atoms with E-state index in [-0.39, 0.29) is 5.56 Å². The number of rotatable bonds is 2. The molecule has 0 fully saturated rings. The van der Waals surface area contributed by atoms with Crippen LogP contribution in [0, 0.1) is 13.8 Å². The normalized spacial score (nSPS) is 10.4. The Morgan fingerprint density at radius 2 is 2.19 bits per heavy atom. The fourth-order valence-corrected chi connectivity index (χ4v) is 1.65. The number of hydrogen-bond acceptors (Lipinski definition) is 4. The van der Waals surface area contributed by atoms with Gasteiger partial charge in [0, 0.05) is 23.5 Å². The van der Waals surface area contributed by atoms with Crippen LogP contribution in [-0.4, -0.2) is 21.2 Å².